The first-order valence-electron chi connectivity index (χ1n) is 6.29. The number of H-pyrrole nitrogens is 1. The third kappa shape index (κ3) is 2.03. The average Bonchev–Trinajstić information content (AvgIpc) is 2.95. The molecule has 2 N–H and O–H groups in total. The van der Waals surface area contributed by atoms with Crippen LogP contribution in [0.15, 0.2) is 35.6 Å². The highest BCUT2D eigenvalue weighted by Crippen LogP contribution is 2.27. The van der Waals surface area contributed by atoms with Crippen LogP contribution in [0.3, 0.4) is 0 Å². The largest absolute Gasteiger partial charge is 0.411 e. The second kappa shape index (κ2) is 5.12. The fourth-order valence-corrected chi connectivity index (χ4v) is 2.37. The minimum absolute atomic E-state index is 0.217. The Morgan fingerprint density at radius 2 is 2.25 bits per heavy atom. The van der Waals surface area contributed by atoms with Gasteiger partial charge in [0, 0.05) is 12.1 Å². The van der Waals surface area contributed by atoms with Gasteiger partial charge < -0.3 is 10.1 Å². The summed E-state index contributed by atoms with van der Waals surface area (Å²) in [5, 5.41) is 22.4. The summed E-state index contributed by atoms with van der Waals surface area (Å²) in [5.74, 6) is -0.217. The lowest BCUT2D eigenvalue weighted by Crippen LogP contribution is -2.32. The van der Waals surface area contributed by atoms with Crippen molar-refractivity contribution >= 4 is 17.3 Å². The molecule has 0 saturated heterocycles. The molecule has 20 heavy (non-hydrogen) atoms. The summed E-state index contributed by atoms with van der Waals surface area (Å²) < 4.78 is 0. The van der Waals surface area contributed by atoms with Gasteiger partial charge in [-0.05, 0) is 18.9 Å². The van der Waals surface area contributed by atoms with Gasteiger partial charge in [0.05, 0.1) is 17.6 Å². The summed E-state index contributed by atoms with van der Waals surface area (Å²) in [5.41, 5.74) is 2.36. The van der Waals surface area contributed by atoms with Crippen LogP contribution in [0.2, 0.25) is 0 Å². The molecule has 0 atom stereocenters. The number of amides is 1. The lowest BCUT2D eigenvalue weighted by molar-refractivity contribution is 0.0982. The molecule has 0 radical (unpaired) electrons. The number of aromatic nitrogens is 3. The number of carbonyl (C=O) groups excluding carboxylic acids is 1. The summed E-state index contributed by atoms with van der Waals surface area (Å²) >= 11 is 0. The van der Waals surface area contributed by atoms with Crippen molar-refractivity contribution < 1.29 is 10.0 Å². The molecular weight excluding hydrogens is 258 g/mol. The van der Waals surface area contributed by atoms with E-state index < -0.39 is 0 Å². The second-order valence-electron chi connectivity index (χ2n) is 4.48. The van der Waals surface area contributed by atoms with Crippen molar-refractivity contribution in [1.82, 2.24) is 15.4 Å². The van der Waals surface area contributed by atoms with Crippen molar-refractivity contribution in [2.24, 2.45) is 5.16 Å². The molecule has 2 aromatic rings. The molecule has 1 aliphatic heterocycles. The molecule has 1 aromatic carbocycles. The van der Waals surface area contributed by atoms with E-state index in [4.69, 9.17) is 5.21 Å². The summed E-state index contributed by atoms with van der Waals surface area (Å²) in [6.07, 6.45) is 2.74. The van der Waals surface area contributed by atoms with Crippen LogP contribution in [0.25, 0.3) is 0 Å². The Morgan fingerprint density at radius 1 is 1.40 bits per heavy atom. The minimum atomic E-state index is -0.217. The molecule has 7 nitrogen and oxygen atoms in total. The predicted molar refractivity (Wildman–Crippen MR) is 72.1 cm³/mol. The number of benzene rings is 1. The molecule has 0 saturated carbocycles. The maximum atomic E-state index is 12.5. The molecule has 3 rings (SSSR count). The van der Waals surface area contributed by atoms with Gasteiger partial charge in [-0.2, -0.15) is 15.4 Å². The van der Waals surface area contributed by atoms with Crippen LogP contribution in [0.5, 0.6) is 0 Å². The van der Waals surface area contributed by atoms with E-state index in [1.165, 1.54) is 6.20 Å². The summed E-state index contributed by atoms with van der Waals surface area (Å²) in [7, 11) is 0. The van der Waals surface area contributed by atoms with Crippen LogP contribution in [0.4, 0.5) is 5.69 Å². The number of nitrogens with one attached hydrogen (secondary N) is 1. The SMILES string of the molecule is O=C(c1cn[nH]n1)N1CCC/C(=N/O)c2ccccc21. The number of para-hydroxylation sites is 1. The van der Waals surface area contributed by atoms with Gasteiger partial charge in [-0.3, -0.25) is 4.79 Å². The van der Waals surface area contributed by atoms with Crippen molar-refractivity contribution in [1.29, 1.82) is 0 Å². The molecule has 2 heterocycles. The standard InChI is InChI=1S/C13H13N5O2/c19-13(11-8-14-17-15-11)18-7-3-5-10(16-20)9-4-1-2-6-12(9)18/h1-2,4,6,8,20H,3,5,7H2,(H,14,15,17)/b16-10-. The molecule has 1 amide bonds. The van der Waals surface area contributed by atoms with Crippen LogP contribution in [0, 0.1) is 0 Å². The normalized spacial score (nSPS) is 16.8. The fourth-order valence-electron chi connectivity index (χ4n) is 2.37. The van der Waals surface area contributed by atoms with Crippen molar-refractivity contribution in [2.75, 3.05) is 11.4 Å². The van der Waals surface area contributed by atoms with Crippen LogP contribution in [0.1, 0.15) is 28.9 Å². The molecule has 0 fully saturated rings. The van der Waals surface area contributed by atoms with Crippen LogP contribution in [-0.4, -0.2) is 38.8 Å². The molecule has 0 bridgehead atoms. The highest BCUT2D eigenvalue weighted by molar-refractivity contribution is 6.12. The van der Waals surface area contributed by atoms with E-state index in [2.05, 4.69) is 20.6 Å². The smallest absolute Gasteiger partial charge is 0.280 e. The maximum absolute atomic E-state index is 12.5. The lowest BCUT2D eigenvalue weighted by Gasteiger charge is -2.21. The zero-order valence-electron chi connectivity index (χ0n) is 10.7. The van der Waals surface area contributed by atoms with Gasteiger partial charge in [-0.1, -0.05) is 23.4 Å². The molecule has 0 aliphatic carbocycles. The summed E-state index contributed by atoms with van der Waals surface area (Å²) in [4.78, 5) is 14.1. The van der Waals surface area contributed by atoms with Gasteiger partial charge in [0.25, 0.3) is 5.91 Å². The van der Waals surface area contributed by atoms with E-state index in [-0.39, 0.29) is 11.6 Å². The highest BCUT2D eigenvalue weighted by Gasteiger charge is 2.26. The first-order chi connectivity index (χ1) is 9.81. The zero-order valence-corrected chi connectivity index (χ0v) is 10.7. The molecule has 7 heteroatoms. The van der Waals surface area contributed by atoms with E-state index in [1.54, 1.807) is 4.90 Å². The Morgan fingerprint density at radius 3 is 3.00 bits per heavy atom. The number of hydrogen-bond acceptors (Lipinski definition) is 5. The van der Waals surface area contributed by atoms with Gasteiger partial charge in [-0.15, -0.1) is 0 Å². The first-order valence-corrected chi connectivity index (χ1v) is 6.29. The Labute approximate surface area is 114 Å². The third-order valence-electron chi connectivity index (χ3n) is 3.30. The Kier molecular flexibility index (Phi) is 3.16. The highest BCUT2D eigenvalue weighted by atomic mass is 16.4. The molecule has 0 spiro atoms. The van der Waals surface area contributed by atoms with Crippen LogP contribution in [-0.2, 0) is 0 Å². The van der Waals surface area contributed by atoms with Crippen LogP contribution >= 0.6 is 0 Å². The van der Waals surface area contributed by atoms with Gasteiger partial charge in [0.15, 0.2) is 5.69 Å². The molecule has 102 valence electrons. The second-order valence-corrected chi connectivity index (χ2v) is 4.48. The Bertz CT molecular complexity index is 651. The van der Waals surface area contributed by atoms with Crippen molar-refractivity contribution in [3.63, 3.8) is 0 Å². The predicted octanol–water partition coefficient (Wildman–Crippen LogP) is 1.42. The third-order valence-corrected chi connectivity index (χ3v) is 3.30. The van der Waals surface area contributed by atoms with E-state index >= 15 is 0 Å². The molecule has 1 aliphatic rings. The number of fused-ring (bicyclic) bond motifs is 1. The van der Waals surface area contributed by atoms with Crippen molar-refractivity contribution in [3.8, 4) is 0 Å². The Balaban J connectivity index is 2.06. The minimum Gasteiger partial charge on any atom is -0.411 e. The first kappa shape index (κ1) is 12.3. The van der Waals surface area contributed by atoms with Crippen molar-refractivity contribution in [2.45, 2.75) is 12.8 Å². The molecule has 1 aromatic heterocycles. The fraction of sp³-hybridized carbons (Fsp3) is 0.231. The number of rotatable bonds is 1. The number of oxime groups is 1. The van der Waals surface area contributed by atoms with Gasteiger partial charge in [0.2, 0.25) is 0 Å². The van der Waals surface area contributed by atoms with Gasteiger partial charge in [-0.25, -0.2) is 0 Å². The number of nitrogens with zero attached hydrogens (tertiary/aromatic N) is 4. The maximum Gasteiger partial charge on any atom is 0.280 e. The van der Waals surface area contributed by atoms with E-state index in [0.29, 0.717) is 18.7 Å². The summed E-state index contributed by atoms with van der Waals surface area (Å²) in [6, 6.07) is 7.39. The van der Waals surface area contributed by atoms with E-state index in [9.17, 15) is 4.79 Å². The van der Waals surface area contributed by atoms with E-state index in [0.717, 1.165) is 17.7 Å². The number of carbonyl (C=O) groups is 1. The zero-order chi connectivity index (χ0) is 13.9. The van der Waals surface area contributed by atoms with Crippen LogP contribution < -0.4 is 4.90 Å². The number of hydrogen-bond donors (Lipinski definition) is 2. The molecule has 0 unspecified atom stereocenters. The monoisotopic (exact) mass is 271 g/mol. The van der Waals surface area contributed by atoms with Gasteiger partial charge in [0.1, 0.15) is 0 Å². The van der Waals surface area contributed by atoms with Crippen molar-refractivity contribution in [3.05, 3.63) is 41.7 Å². The summed E-state index contributed by atoms with van der Waals surface area (Å²) in [6.45, 7) is 0.543. The van der Waals surface area contributed by atoms with Gasteiger partial charge >= 0.3 is 0 Å². The lowest BCUT2D eigenvalue weighted by atomic mass is 10.1. The van der Waals surface area contributed by atoms with E-state index in [1.807, 2.05) is 24.3 Å². The number of aromatic amines is 1. The topological polar surface area (TPSA) is 94.5 Å². The number of anilines is 1. The average molecular weight is 271 g/mol. The quantitative estimate of drug-likeness (QED) is 0.606. The molecular formula is C13H13N5O2. The Hall–Kier alpha value is -2.70.